The maximum absolute atomic E-state index is 15.2. The second-order valence-electron chi connectivity index (χ2n) is 12.9. The summed E-state index contributed by atoms with van der Waals surface area (Å²) in [4.78, 5) is 48.8. The number of amides is 3. The van der Waals surface area contributed by atoms with Crippen LogP contribution in [0, 0.1) is 17.3 Å². The molecule has 3 aliphatic rings. The monoisotopic (exact) mass is 666 g/mol. The van der Waals surface area contributed by atoms with Gasteiger partial charge in [0.1, 0.15) is 11.6 Å². The summed E-state index contributed by atoms with van der Waals surface area (Å²) >= 11 is 0. The number of benzene rings is 2. The van der Waals surface area contributed by atoms with Crippen molar-refractivity contribution in [3.63, 3.8) is 0 Å². The highest BCUT2D eigenvalue weighted by atomic mass is 19.1. The van der Waals surface area contributed by atoms with Crippen LogP contribution < -0.4 is 25.8 Å². The van der Waals surface area contributed by atoms with Crippen LogP contribution >= 0.6 is 0 Å². The molecule has 5 heterocycles. The largest absolute Gasteiger partial charge is 0.379 e. The number of piperidine rings is 2. The van der Waals surface area contributed by atoms with E-state index < -0.39 is 11.4 Å². The van der Waals surface area contributed by atoms with Gasteiger partial charge in [0.05, 0.1) is 35.2 Å². The predicted octanol–water partition coefficient (Wildman–Crippen LogP) is 3.04. The number of methoxy groups -OCH3 is 1. The third-order valence-electron chi connectivity index (χ3n) is 9.86. The molecule has 0 saturated carbocycles. The zero-order chi connectivity index (χ0) is 34.6. The van der Waals surface area contributed by atoms with Gasteiger partial charge in [0, 0.05) is 63.2 Å². The van der Waals surface area contributed by atoms with Crippen molar-refractivity contribution in [3.05, 3.63) is 59.2 Å². The minimum Gasteiger partial charge on any atom is -0.379 e. The number of likely N-dealkylation sites (N-methyl/N-ethyl adjacent to an activating group) is 1. The summed E-state index contributed by atoms with van der Waals surface area (Å²) in [6.07, 6.45) is 1.19. The van der Waals surface area contributed by atoms with Crippen molar-refractivity contribution >= 4 is 57.5 Å². The van der Waals surface area contributed by atoms with Crippen molar-refractivity contribution in [3.8, 4) is 6.07 Å². The number of nitrogens with one attached hydrogen (secondary N) is 3. The number of imide groups is 1. The number of nitrogens with zero attached hydrogens (tertiary/aromatic N) is 7. The Kier molecular flexibility index (Phi) is 7.90. The summed E-state index contributed by atoms with van der Waals surface area (Å²) < 4.78 is 22.8. The van der Waals surface area contributed by atoms with Gasteiger partial charge in [0.15, 0.2) is 5.82 Å². The van der Waals surface area contributed by atoms with Gasteiger partial charge in [-0.1, -0.05) is 0 Å². The molecule has 3 aliphatic heterocycles. The molecule has 1 unspecified atom stereocenters. The van der Waals surface area contributed by atoms with E-state index in [1.54, 1.807) is 41.9 Å². The fourth-order valence-electron chi connectivity index (χ4n) is 6.94. The van der Waals surface area contributed by atoms with Crippen LogP contribution in [0.15, 0.2) is 36.4 Å². The Labute approximate surface area is 281 Å². The molecule has 252 valence electrons. The lowest BCUT2D eigenvalue weighted by atomic mass is 9.77. The Balaban J connectivity index is 1.08. The van der Waals surface area contributed by atoms with Crippen LogP contribution in [0.25, 0.3) is 10.9 Å². The molecule has 0 radical (unpaired) electrons. The van der Waals surface area contributed by atoms with Gasteiger partial charge in [-0.2, -0.15) is 24.7 Å². The number of hydrogen-bond acceptors (Lipinski definition) is 11. The zero-order valence-corrected chi connectivity index (χ0v) is 27.5. The van der Waals surface area contributed by atoms with E-state index in [4.69, 9.17) is 9.84 Å². The van der Waals surface area contributed by atoms with Crippen LogP contribution in [0.4, 0.5) is 33.2 Å². The van der Waals surface area contributed by atoms with E-state index in [2.05, 4.69) is 25.9 Å². The molecule has 14 nitrogen and oxygen atoms in total. The summed E-state index contributed by atoms with van der Waals surface area (Å²) in [6, 6.07) is 13.0. The molecule has 3 amide bonds. The second kappa shape index (κ2) is 12.1. The molecule has 0 spiro atoms. The molecule has 2 aromatic heterocycles. The van der Waals surface area contributed by atoms with E-state index in [-0.39, 0.29) is 60.0 Å². The Bertz CT molecular complexity index is 2080. The number of aryl methyl sites for hydroxylation is 1. The Morgan fingerprint density at radius 3 is 2.67 bits per heavy atom. The molecule has 3 N–H and O–H groups in total. The highest BCUT2D eigenvalue weighted by molar-refractivity contribution is 6.05. The lowest BCUT2D eigenvalue weighted by Crippen LogP contribution is -2.51. The molecule has 2 fully saturated rings. The molecule has 0 aliphatic carbocycles. The zero-order valence-electron chi connectivity index (χ0n) is 27.5. The molecule has 2 saturated heterocycles. The fourth-order valence-corrected chi connectivity index (χ4v) is 6.94. The van der Waals surface area contributed by atoms with Gasteiger partial charge in [-0.05, 0) is 61.7 Å². The number of fused-ring (bicyclic) bond motifs is 2. The standard InChI is InChI=1S/C34H35FN10O4/c1-34(11-9-27(46)39-32(34)48)29-21-7-5-20(15-25(21)44(3)42-29)37-23-10-12-45(17-26(23)49-4)33-40-30(35)22(16-36)31(41-33)38-19-6-8-24-18(13-19)14-28(47)43(24)2/h5-8,13,15,23,26,37H,9-12,14,17H2,1-4H3,(H,38,40,41)(H,39,46,48)/t23-,26-,34?/m1/s1. The van der Waals surface area contributed by atoms with Gasteiger partial charge < -0.3 is 25.2 Å². The molecule has 2 aromatic carbocycles. The first kappa shape index (κ1) is 32.0. The van der Waals surface area contributed by atoms with E-state index in [0.717, 1.165) is 27.8 Å². The molecular formula is C34H35FN10O4. The van der Waals surface area contributed by atoms with Gasteiger partial charge in [-0.3, -0.25) is 24.4 Å². The summed E-state index contributed by atoms with van der Waals surface area (Å²) in [6.45, 7) is 2.66. The van der Waals surface area contributed by atoms with Crippen molar-refractivity contribution in [1.29, 1.82) is 5.26 Å². The SMILES string of the molecule is CO[C@@H]1CN(c2nc(F)c(C#N)c(Nc3ccc4c(c3)CC(=O)N4C)n2)CC[C@H]1Nc1ccc2c(C3(C)CCC(=O)NC3=O)nn(C)c2c1. The Hall–Kier alpha value is -5.62. The van der Waals surface area contributed by atoms with Crippen LogP contribution in [0.2, 0.25) is 0 Å². The van der Waals surface area contributed by atoms with Crippen molar-refractivity contribution in [1.82, 2.24) is 25.1 Å². The normalized spacial score (nSPS) is 22.2. The maximum Gasteiger partial charge on any atom is 0.238 e. The quantitative estimate of drug-likeness (QED) is 0.196. The highest BCUT2D eigenvalue weighted by Crippen LogP contribution is 2.37. The van der Waals surface area contributed by atoms with Crippen molar-refractivity contribution in [2.24, 2.45) is 7.05 Å². The van der Waals surface area contributed by atoms with E-state index in [0.29, 0.717) is 37.3 Å². The minimum atomic E-state index is -0.935. The van der Waals surface area contributed by atoms with Crippen molar-refractivity contribution in [2.45, 2.75) is 50.2 Å². The summed E-state index contributed by atoms with van der Waals surface area (Å²) in [5, 5.41) is 24.3. The lowest BCUT2D eigenvalue weighted by Gasteiger charge is -2.38. The van der Waals surface area contributed by atoms with Gasteiger partial charge >= 0.3 is 0 Å². The fraction of sp³-hybridized carbons (Fsp3) is 0.382. The smallest absolute Gasteiger partial charge is 0.238 e. The number of hydrogen-bond donors (Lipinski definition) is 3. The number of halogens is 1. The number of aromatic nitrogens is 4. The average Bonchev–Trinajstić information content (AvgIpc) is 3.57. The van der Waals surface area contributed by atoms with Gasteiger partial charge in [0.25, 0.3) is 0 Å². The van der Waals surface area contributed by atoms with Crippen LogP contribution in [-0.2, 0) is 38.0 Å². The first-order valence-electron chi connectivity index (χ1n) is 16.0. The van der Waals surface area contributed by atoms with Gasteiger partial charge in [-0.25, -0.2) is 0 Å². The van der Waals surface area contributed by atoms with Gasteiger partial charge in [-0.15, -0.1) is 0 Å². The topological polar surface area (TPSA) is 170 Å². The van der Waals surface area contributed by atoms with Crippen LogP contribution in [0.5, 0.6) is 0 Å². The molecule has 49 heavy (non-hydrogen) atoms. The van der Waals surface area contributed by atoms with Gasteiger partial charge in [0.2, 0.25) is 29.6 Å². The van der Waals surface area contributed by atoms with E-state index in [1.165, 1.54) is 0 Å². The average molecular weight is 667 g/mol. The molecule has 3 atom stereocenters. The molecular weight excluding hydrogens is 631 g/mol. The third kappa shape index (κ3) is 5.57. The second-order valence-corrected chi connectivity index (χ2v) is 12.9. The molecule has 4 aromatic rings. The predicted molar refractivity (Wildman–Crippen MR) is 179 cm³/mol. The Morgan fingerprint density at radius 1 is 1.12 bits per heavy atom. The highest BCUT2D eigenvalue weighted by Gasteiger charge is 2.43. The number of ether oxygens (including phenoxy) is 1. The van der Waals surface area contributed by atoms with Crippen LogP contribution in [-0.4, -0.2) is 76.9 Å². The number of carbonyl (C=O) groups excluding carboxylic acids is 3. The van der Waals surface area contributed by atoms with Crippen LogP contribution in [0.1, 0.15) is 43.0 Å². The first-order valence-corrected chi connectivity index (χ1v) is 16.0. The third-order valence-corrected chi connectivity index (χ3v) is 9.86. The number of rotatable bonds is 7. The van der Waals surface area contributed by atoms with Crippen LogP contribution in [0.3, 0.4) is 0 Å². The molecule has 0 bridgehead atoms. The van der Waals surface area contributed by atoms with E-state index in [1.807, 2.05) is 43.1 Å². The number of carbonyl (C=O) groups is 3. The Morgan fingerprint density at radius 2 is 1.92 bits per heavy atom. The summed E-state index contributed by atoms with van der Waals surface area (Å²) in [7, 11) is 5.15. The van der Waals surface area contributed by atoms with Crippen molar-refractivity contribution in [2.75, 3.05) is 47.7 Å². The minimum absolute atomic E-state index is 0.0170. The van der Waals surface area contributed by atoms with E-state index in [9.17, 15) is 19.6 Å². The number of anilines is 5. The molecule has 15 heteroatoms. The van der Waals surface area contributed by atoms with E-state index >= 15 is 4.39 Å². The summed E-state index contributed by atoms with van der Waals surface area (Å²) in [5.74, 6) is -1.41. The van der Waals surface area contributed by atoms with Crippen molar-refractivity contribution < 1.29 is 23.5 Å². The summed E-state index contributed by atoms with van der Waals surface area (Å²) in [5.41, 5.74) is 3.28. The first-order chi connectivity index (χ1) is 23.5. The number of nitriles is 1. The lowest BCUT2D eigenvalue weighted by molar-refractivity contribution is -0.137. The molecule has 7 rings (SSSR count). The maximum atomic E-state index is 15.2.